The van der Waals surface area contributed by atoms with Gasteiger partial charge in [0.1, 0.15) is 0 Å². The van der Waals surface area contributed by atoms with Crippen molar-refractivity contribution < 1.29 is 4.79 Å². The first kappa shape index (κ1) is 12.3. The van der Waals surface area contributed by atoms with Crippen molar-refractivity contribution in [3.05, 3.63) is 60.2 Å². The van der Waals surface area contributed by atoms with Crippen LogP contribution in [0.5, 0.6) is 0 Å². The number of amides is 1. The van der Waals surface area contributed by atoms with Gasteiger partial charge in [-0.2, -0.15) is 0 Å². The van der Waals surface area contributed by atoms with E-state index in [-0.39, 0.29) is 0 Å². The second kappa shape index (κ2) is 4.53. The fourth-order valence-corrected chi connectivity index (χ4v) is 3.66. The van der Waals surface area contributed by atoms with E-state index in [1.54, 1.807) is 18.0 Å². The minimum Gasteiger partial charge on any atom is -0.366 e. The van der Waals surface area contributed by atoms with Gasteiger partial charge in [0, 0.05) is 21.4 Å². The Morgan fingerprint density at radius 1 is 0.905 bits per heavy atom. The molecule has 3 aromatic carbocycles. The Hall–Kier alpha value is -2.46. The standard InChI is InChI=1S/C17H12N2OS/c18-17(20)14-6-3-5-12-10(14)8-9-13-11-4-1-2-7-15(11)21-19-16(12)13/h1-9,19H,(H2,18,20). The lowest BCUT2D eigenvalue weighted by molar-refractivity contribution is 0.100. The highest BCUT2D eigenvalue weighted by Gasteiger charge is 2.19. The molecule has 102 valence electrons. The predicted molar refractivity (Wildman–Crippen MR) is 87.4 cm³/mol. The first-order valence-electron chi connectivity index (χ1n) is 6.63. The van der Waals surface area contributed by atoms with Gasteiger partial charge in [-0.05, 0) is 35.0 Å². The van der Waals surface area contributed by atoms with E-state index in [1.807, 2.05) is 30.3 Å². The largest absolute Gasteiger partial charge is 0.366 e. The summed E-state index contributed by atoms with van der Waals surface area (Å²) in [5, 5.41) is 1.90. The van der Waals surface area contributed by atoms with Gasteiger partial charge in [0.05, 0.1) is 5.69 Å². The van der Waals surface area contributed by atoms with E-state index in [1.165, 1.54) is 10.5 Å². The quantitative estimate of drug-likeness (QED) is 0.666. The molecule has 0 fully saturated rings. The third-order valence-corrected chi connectivity index (χ3v) is 4.65. The van der Waals surface area contributed by atoms with Crippen LogP contribution in [0, 0.1) is 0 Å². The summed E-state index contributed by atoms with van der Waals surface area (Å²) in [6, 6.07) is 18.0. The molecule has 0 bridgehead atoms. The van der Waals surface area contributed by atoms with Crippen molar-refractivity contribution in [1.82, 2.24) is 0 Å². The summed E-state index contributed by atoms with van der Waals surface area (Å²) in [5.41, 5.74) is 9.43. The zero-order chi connectivity index (χ0) is 14.4. The van der Waals surface area contributed by atoms with Crippen molar-refractivity contribution in [2.45, 2.75) is 4.90 Å². The van der Waals surface area contributed by atoms with E-state index in [0.29, 0.717) is 5.56 Å². The maximum Gasteiger partial charge on any atom is 0.249 e. The van der Waals surface area contributed by atoms with Gasteiger partial charge in [-0.3, -0.25) is 4.79 Å². The van der Waals surface area contributed by atoms with Gasteiger partial charge in [-0.1, -0.05) is 42.5 Å². The molecule has 3 nitrogen and oxygen atoms in total. The van der Waals surface area contributed by atoms with Crippen LogP contribution < -0.4 is 10.5 Å². The third-order valence-electron chi connectivity index (χ3n) is 3.77. The van der Waals surface area contributed by atoms with Crippen LogP contribution in [0.4, 0.5) is 5.69 Å². The first-order valence-corrected chi connectivity index (χ1v) is 7.45. The molecule has 4 heteroatoms. The van der Waals surface area contributed by atoms with Crippen molar-refractivity contribution in [3.8, 4) is 11.1 Å². The highest BCUT2D eigenvalue weighted by Crippen LogP contribution is 2.45. The summed E-state index contributed by atoms with van der Waals surface area (Å²) < 4.78 is 3.39. The Labute approximate surface area is 126 Å². The zero-order valence-electron chi connectivity index (χ0n) is 11.1. The number of nitrogens with one attached hydrogen (secondary N) is 1. The SMILES string of the molecule is NC(=O)c1cccc2c3c(ccc12)-c1ccccc1SN3. The maximum atomic E-state index is 11.6. The molecule has 0 saturated carbocycles. The van der Waals surface area contributed by atoms with Crippen molar-refractivity contribution in [2.24, 2.45) is 5.73 Å². The van der Waals surface area contributed by atoms with Gasteiger partial charge in [0.2, 0.25) is 5.91 Å². The molecule has 0 aromatic heterocycles. The number of hydrogen-bond donors (Lipinski definition) is 2. The molecule has 1 heterocycles. The minimum atomic E-state index is -0.399. The average Bonchev–Trinajstić information content (AvgIpc) is 2.53. The van der Waals surface area contributed by atoms with Crippen LogP contribution in [0.3, 0.4) is 0 Å². The summed E-state index contributed by atoms with van der Waals surface area (Å²) >= 11 is 1.59. The van der Waals surface area contributed by atoms with Gasteiger partial charge in [0.15, 0.2) is 0 Å². The highest BCUT2D eigenvalue weighted by atomic mass is 32.2. The van der Waals surface area contributed by atoms with Crippen LogP contribution in [0.25, 0.3) is 21.9 Å². The fraction of sp³-hybridized carbons (Fsp3) is 0. The minimum absolute atomic E-state index is 0.399. The van der Waals surface area contributed by atoms with E-state index in [4.69, 9.17) is 5.73 Å². The Morgan fingerprint density at radius 2 is 1.76 bits per heavy atom. The fourth-order valence-electron chi connectivity index (χ4n) is 2.79. The summed E-state index contributed by atoms with van der Waals surface area (Å²) in [6.45, 7) is 0. The molecule has 3 aromatic rings. The predicted octanol–water partition coefficient (Wildman–Crippen LogP) is 4.04. The van der Waals surface area contributed by atoms with E-state index in [9.17, 15) is 4.79 Å². The molecule has 4 rings (SSSR count). The van der Waals surface area contributed by atoms with Crippen LogP contribution >= 0.6 is 11.9 Å². The van der Waals surface area contributed by atoms with Crippen molar-refractivity contribution in [3.63, 3.8) is 0 Å². The van der Waals surface area contributed by atoms with Gasteiger partial charge in [0.25, 0.3) is 0 Å². The number of rotatable bonds is 1. The Morgan fingerprint density at radius 3 is 2.62 bits per heavy atom. The smallest absolute Gasteiger partial charge is 0.249 e. The number of carbonyl (C=O) groups excluding carboxylic acids is 1. The van der Waals surface area contributed by atoms with Crippen molar-refractivity contribution in [2.75, 3.05) is 4.72 Å². The number of primary amides is 1. The summed E-state index contributed by atoms with van der Waals surface area (Å²) in [6.07, 6.45) is 0. The second-order valence-corrected chi connectivity index (χ2v) is 5.80. The van der Waals surface area contributed by atoms with Crippen LogP contribution in [0.2, 0.25) is 0 Å². The molecular weight excluding hydrogens is 280 g/mol. The van der Waals surface area contributed by atoms with Crippen LogP contribution in [-0.2, 0) is 0 Å². The molecule has 0 radical (unpaired) electrons. The molecule has 1 aliphatic heterocycles. The number of nitrogens with two attached hydrogens (primary N) is 1. The normalized spacial score (nSPS) is 12.4. The first-order chi connectivity index (χ1) is 10.3. The molecule has 1 aliphatic rings. The summed E-state index contributed by atoms with van der Waals surface area (Å²) in [7, 11) is 0. The van der Waals surface area contributed by atoms with Crippen molar-refractivity contribution >= 4 is 34.3 Å². The number of carbonyl (C=O) groups is 1. The van der Waals surface area contributed by atoms with Gasteiger partial charge in [-0.15, -0.1) is 0 Å². The molecule has 0 unspecified atom stereocenters. The van der Waals surface area contributed by atoms with Crippen LogP contribution in [0.1, 0.15) is 10.4 Å². The molecule has 1 amide bonds. The lowest BCUT2D eigenvalue weighted by atomic mass is 9.96. The number of hydrogen-bond acceptors (Lipinski definition) is 3. The van der Waals surface area contributed by atoms with Crippen LogP contribution in [-0.4, -0.2) is 5.91 Å². The van der Waals surface area contributed by atoms with E-state index < -0.39 is 5.91 Å². The summed E-state index contributed by atoms with van der Waals surface area (Å²) in [4.78, 5) is 12.8. The van der Waals surface area contributed by atoms with Crippen molar-refractivity contribution in [1.29, 1.82) is 0 Å². The average molecular weight is 292 g/mol. The monoisotopic (exact) mass is 292 g/mol. The molecule has 0 aliphatic carbocycles. The zero-order valence-corrected chi connectivity index (χ0v) is 11.9. The number of fused-ring (bicyclic) bond motifs is 5. The van der Waals surface area contributed by atoms with E-state index in [0.717, 1.165) is 22.0 Å². The van der Waals surface area contributed by atoms with E-state index >= 15 is 0 Å². The molecule has 0 spiro atoms. The lowest BCUT2D eigenvalue weighted by Crippen LogP contribution is -2.11. The molecule has 21 heavy (non-hydrogen) atoms. The van der Waals surface area contributed by atoms with Crippen LogP contribution in [0.15, 0.2) is 59.5 Å². The lowest BCUT2D eigenvalue weighted by Gasteiger charge is -2.22. The molecular formula is C17H12N2OS. The Kier molecular flexibility index (Phi) is 2.65. The third kappa shape index (κ3) is 1.80. The number of anilines is 1. The number of benzene rings is 3. The Bertz CT molecular complexity index is 889. The molecule has 0 saturated heterocycles. The summed E-state index contributed by atoms with van der Waals surface area (Å²) in [5.74, 6) is -0.399. The Balaban J connectivity index is 2.06. The second-order valence-electron chi connectivity index (χ2n) is 4.95. The molecule has 0 atom stereocenters. The van der Waals surface area contributed by atoms with Gasteiger partial charge in [-0.25, -0.2) is 0 Å². The maximum absolute atomic E-state index is 11.6. The van der Waals surface area contributed by atoms with E-state index in [2.05, 4.69) is 22.9 Å². The highest BCUT2D eigenvalue weighted by molar-refractivity contribution is 8.00. The molecule has 3 N–H and O–H groups in total. The topological polar surface area (TPSA) is 55.1 Å². The van der Waals surface area contributed by atoms with Gasteiger partial charge < -0.3 is 10.5 Å². The van der Waals surface area contributed by atoms with Gasteiger partial charge >= 0.3 is 0 Å².